The monoisotopic (exact) mass is 1970 g/mol. The molecule has 22 fully saturated rings. The molecule has 0 aromatic heterocycles. The van der Waals surface area contributed by atoms with Gasteiger partial charge in [0.15, 0.2) is 0 Å². The van der Waals surface area contributed by atoms with Crippen LogP contribution in [0.25, 0.3) is 6.08 Å². The Kier molecular flexibility index (Phi) is 60.8. The minimum Gasteiger partial charge on any atom is -0.0885 e. The van der Waals surface area contributed by atoms with E-state index in [4.69, 9.17) is 0 Å². The van der Waals surface area contributed by atoms with Gasteiger partial charge in [0.05, 0.1) is 0 Å². The Hall–Kier alpha value is -4.68. The average Bonchev–Trinajstić information content (AvgIpc) is 1.64. The minimum atomic E-state index is 0.985. The first kappa shape index (κ1) is 117. The van der Waals surface area contributed by atoms with Crippen LogP contribution < -0.4 is 0 Å². The summed E-state index contributed by atoms with van der Waals surface area (Å²) < 4.78 is 0. The van der Waals surface area contributed by atoms with Gasteiger partial charge in [0.1, 0.15) is 0 Å². The molecule has 31 aliphatic carbocycles. The standard InChI is InChI=1S/C10H18.C10H12.C9H16.C9H14.C9H10.C9H8.2C8H14.C7H12.C7H10.C7H14.C6H10.C6H12.C6H10.2C6H8.C5H8.C5H10.C5H8.C4H8.C3H6/c2*1-2-6-10-8-4-3-7-9(10)5-1;4*1-2-5-9-7-3-6-8(9)4-1;1-3-7-5-2-6-8(7)4-1;1-2-8-5-3-7(1)4-6-8;2*1-2-7-4-3-6(1)5-7;1-2-4-6-7-5-3-1;1-2-5-4-6(5)3-1;4*1-2-4-6-5-3-1;1-2-5-3-4(1)5;2*1-2-4-5-3-1;1-2-4-3-1;1-2-3-1/h9-10H,1-8H2;1-2,5-6H,3-4,7-8H2;8-9H,1-7H2;3,6,8-9H,1-2,4-5,7H2;1-2,4-5H,3,6-7H2;1-6H,7H2;2*7-8H,1-6H2;6-7H,1-5H2;1-2,6-7H,3-5H2;1-7H2;5-6H,1-4H2;1-6H2;1-2H,3-6H2;1-2,5-6H,3-4H2;1-4H,5-6H2;4-5H,1-3H2;1-5H2;1-2H,3-5H2;1-4H2;1-3H2. The zero-order chi connectivity index (χ0) is 99.4. The van der Waals surface area contributed by atoms with E-state index in [1.807, 2.05) is 0 Å². The number of aryl methyl sites for hydroxylation is 4. The van der Waals surface area contributed by atoms with Gasteiger partial charge >= 0.3 is 0 Å². The Morgan fingerprint density at radius 3 is 0.703 bits per heavy atom. The summed E-state index contributed by atoms with van der Waals surface area (Å²) in [5, 5.41) is 0. The van der Waals surface area contributed by atoms with Gasteiger partial charge in [-0.25, -0.2) is 0 Å². The van der Waals surface area contributed by atoms with E-state index >= 15 is 0 Å². The third kappa shape index (κ3) is 50.8. The maximum atomic E-state index is 2.43. The van der Waals surface area contributed by atoms with Crippen molar-refractivity contribution < 1.29 is 0 Å². The fourth-order valence-corrected chi connectivity index (χ4v) is 29.5. The molecule has 0 N–H and O–H groups in total. The lowest BCUT2D eigenvalue weighted by Crippen LogP contribution is -2.22. The van der Waals surface area contributed by atoms with Gasteiger partial charge in [0.2, 0.25) is 0 Å². The molecule has 3 aromatic rings. The molecule has 0 saturated heterocycles. The summed E-state index contributed by atoms with van der Waals surface area (Å²) in [5.41, 5.74) is 9.13. The molecule has 0 radical (unpaired) electrons. The summed E-state index contributed by atoms with van der Waals surface area (Å²) >= 11 is 0. The number of allylic oxidation sites excluding steroid dienone is 17. The van der Waals surface area contributed by atoms with Gasteiger partial charge in [-0.05, 0) is 333 Å². The van der Waals surface area contributed by atoms with Gasteiger partial charge in [-0.3, -0.25) is 0 Å². The van der Waals surface area contributed by atoms with Crippen molar-refractivity contribution in [3.8, 4) is 0 Å². The van der Waals surface area contributed by atoms with Crippen LogP contribution in [0.5, 0.6) is 0 Å². The zero-order valence-corrected chi connectivity index (χ0v) is 95.1. The second kappa shape index (κ2) is 75.2. The number of hydrogen-bond donors (Lipinski definition) is 0. The van der Waals surface area contributed by atoms with Crippen molar-refractivity contribution in [2.45, 2.75) is 584 Å². The second-order valence-electron chi connectivity index (χ2n) is 51.7. The minimum absolute atomic E-state index is 0.985. The molecule has 810 valence electrons. The lowest BCUT2D eigenvalue weighted by Gasteiger charge is -2.35. The van der Waals surface area contributed by atoms with Crippen molar-refractivity contribution in [1.82, 2.24) is 0 Å². The topological polar surface area (TPSA) is 0 Å². The molecule has 10 unspecified atom stereocenters. The van der Waals surface area contributed by atoms with Crippen molar-refractivity contribution in [3.05, 3.63) is 209 Å². The highest BCUT2D eigenvalue weighted by molar-refractivity contribution is 5.59. The zero-order valence-electron chi connectivity index (χ0n) is 95.1. The summed E-state index contributed by atoms with van der Waals surface area (Å²) in [4.78, 5) is 0. The maximum absolute atomic E-state index is 2.43. The molecule has 22 saturated carbocycles. The second-order valence-corrected chi connectivity index (χ2v) is 51.7. The maximum Gasteiger partial charge on any atom is -0.00882 e. The van der Waals surface area contributed by atoms with Crippen molar-refractivity contribution in [2.24, 2.45) is 107 Å². The molecular formula is C145H230. The van der Waals surface area contributed by atoms with Crippen molar-refractivity contribution >= 4 is 6.08 Å². The Morgan fingerprint density at radius 2 is 0.462 bits per heavy atom. The van der Waals surface area contributed by atoms with Crippen LogP contribution >= 0.6 is 0 Å². The molecule has 31 aliphatic rings. The third-order valence-electron chi connectivity index (χ3n) is 40.0. The fourth-order valence-electron chi connectivity index (χ4n) is 29.5. The van der Waals surface area contributed by atoms with Gasteiger partial charge in [0, 0.05) is 0 Å². The van der Waals surface area contributed by atoms with Crippen LogP contribution in [-0.4, -0.2) is 0 Å². The smallest absolute Gasteiger partial charge is 0.00882 e. The summed E-state index contributed by atoms with van der Waals surface area (Å²) in [6, 6.07) is 26.0. The third-order valence-corrected chi connectivity index (χ3v) is 40.0. The first-order valence-corrected chi connectivity index (χ1v) is 66.2. The molecule has 6 bridgehead atoms. The molecule has 0 spiro atoms. The average molecular weight is 1970 g/mol. The van der Waals surface area contributed by atoms with E-state index in [9.17, 15) is 0 Å². The number of fused-ring (bicyclic) bond motifs is 16. The predicted octanol–water partition coefficient (Wildman–Crippen LogP) is 46.0. The largest absolute Gasteiger partial charge is 0.0885 e. The van der Waals surface area contributed by atoms with Crippen LogP contribution in [-0.2, 0) is 32.1 Å². The quantitative estimate of drug-likeness (QED) is 0.155. The highest BCUT2D eigenvalue weighted by Gasteiger charge is 2.45. The van der Waals surface area contributed by atoms with E-state index < -0.39 is 0 Å². The molecule has 0 aliphatic heterocycles. The van der Waals surface area contributed by atoms with Crippen LogP contribution in [0, 0.1) is 107 Å². The summed E-state index contributed by atoms with van der Waals surface area (Å²) in [6.07, 6.45) is 175. The van der Waals surface area contributed by atoms with E-state index in [-0.39, 0.29) is 0 Å². The Morgan fingerprint density at radius 1 is 0.166 bits per heavy atom. The highest BCUT2D eigenvalue weighted by atomic mass is 14.5. The van der Waals surface area contributed by atoms with E-state index in [0.29, 0.717) is 0 Å². The number of benzene rings is 3. The number of hydrogen-bond acceptors (Lipinski definition) is 0. The van der Waals surface area contributed by atoms with Crippen molar-refractivity contribution in [3.63, 3.8) is 0 Å². The van der Waals surface area contributed by atoms with E-state index in [1.165, 1.54) is 449 Å². The van der Waals surface area contributed by atoms with Crippen LogP contribution in [0.4, 0.5) is 0 Å². The van der Waals surface area contributed by atoms with Crippen LogP contribution in [0.15, 0.2) is 176 Å². The predicted molar refractivity (Wildman–Crippen MR) is 640 cm³/mol. The van der Waals surface area contributed by atoms with E-state index in [2.05, 4.69) is 182 Å². The molecule has 0 nitrogen and oxygen atoms in total. The normalized spacial score (nSPS) is 31.9. The van der Waals surface area contributed by atoms with Crippen LogP contribution in [0.1, 0.15) is 586 Å². The first-order chi connectivity index (χ1) is 72.0. The lowest BCUT2D eigenvalue weighted by atomic mass is 9.71. The first-order valence-electron chi connectivity index (χ1n) is 66.2. The van der Waals surface area contributed by atoms with Gasteiger partial charge in [-0.2, -0.15) is 0 Å². The van der Waals surface area contributed by atoms with Crippen LogP contribution in [0.3, 0.4) is 0 Å². The SMILES string of the molecule is C1=CC2CCC1C2.C1=CC2CCCCC2C1.C1=CCC=CC1.C1=CCCC1.C1=CCCC=C1.C1=CCCCC1.C1=Cc2ccccc2C1.C1CC1.C1CC2CC12.C1CC2CC2C1.C1CC2CCC1C2.C1CC2CCC1CC2.C1CC2CCCC2C1.C1CCC1.C1CCC2CCCC2C1.C1CCC2CCCCC2C1.C1CCCC1.C1CCCCC1.C1CCCCCC1.c1ccc2c(c1)CCC2.c1ccc2c(c1)CCCC2. The Bertz CT molecular complexity index is 3690. The van der Waals surface area contributed by atoms with Gasteiger partial charge in [-0.1, -0.05) is 574 Å². The Balaban J connectivity index is 0.000000128. The molecule has 145 heavy (non-hydrogen) atoms. The van der Waals surface area contributed by atoms with E-state index in [0.717, 1.165) is 66.6 Å². The highest BCUT2D eigenvalue weighted by Crippen LogP contribution is 2.56. The summed E-state index contributed by atoms with van der Waals surface area (Å²) in [6.45, 7) is 0. The van der Waals surface area contributed by atoms with E-state index in [1.54, 1.807) is 208 Å². The van der Waals surface area contributed by atoms with Gasteiger partial charge < -0.3 is 0 Å². The van der Waals surface area contributed by atoms with Crippen molar-refractivity contribution in [2.75, 3.05) is 0 Å². The van der Waals surface area contributed by atoms with Gasteiger partial charge in [0.25, 0.3) is 0 Å². The molecular weight excluding hydrogens is 1740 g/mol. The lowest BCUT2D eigenvalue weighted by molar-refractivity contribution is 0.171. The van der Waals surface area contributed by atoms with Crippen LogP contribution in [0.2, 0.25) is 0 Å². The molecule has 3 aromatic carbocycles. The molecule has 10 atom stereocenters. The van der Waals surface area contributed by atoms with Gasteiger partial charge in [-0.15, -0.1) is 0 Å². The molecule has 0 heterocycles. The summed E-state index contributed by atoms with van der Waals surface area (Å²) in [5.74, 6) is 20.6. The molecule has 34 rings (SSSR count). The molecule has 0 amide bonds. The van der Waals surface area contributed by atoms with Crippen molar-refractivity contribution in [1.29, 1.82) is 0 Å². The molecule has 0 heteroatoms. The fraction of sp³-hybridized carbons (Fsp3) is 0.752. The Labute approximate surface area is 900 Å². The number of rotatable bonds is 0. The summed E-state index contributed by atoms with van der Waals surface area (Å²) in [7, 11) is 0.